The molecule has 0 fully saturated rings. The molecule has 0 aromatic carbocycles. The van der Waals surface area contributed by atoms with E-state index in [0.717, 1.165) is 29.4 Å². The maximum atomic E-state index is 12.6. The summed E-state index contributed by atoms with van der Waals surface area (Å²) in [4.78, 5) is 19.1. The number of likely N-dealkylation sites (N-methyl/N-ethyl adjacent to an activating group) is 1. The molecule has 2 rings (SSSR count). The van der Waals surface area contributed by atoms with E-state index in [0.29, 0.717) is 6.54 Å². The molecule has 24 heavy (non-hydrogen) atoms. The zero-order valence-corrected chi connectivity index (χ0v) is 15.9. The van der Waals surface area contributed by atoms with E-state index in [-0.39, 0.29) is 18.0 Å². The summed E-state index contributed by atoms with van der Waals surface area (Å²) in [6.45, 7) is 8.86. The largest absolute Gasteiger partial charge is 0.310 e. The fourth-order valence-corrected chi connectivity index (χ4v) is 3.08. The summed E-state index contributed by atoms with van der Waals surface area (Å²) < 4.78 is 1.86. The topological polar surface area (TPSA) is 63.1 Å². The van der Waals surface area contributed by atoms with Crippen molar-refractivity contribution in [3.05, 3.63) is 28.3 Å². The molecule has 2 aromatic rings. The van der Waals surface area contributed by atoms with Crippen LogP contribution in [-0.4, -0.2) is 38.7 Å². The molecule has 132 valence electrons. The Kier molecular flexibility index (Phi) is 6.51. The van der Waals surface area contributed by atoms with Gasteiger partial charge in [0.25, 0.3) is 0 Å². The van der Waals surface area contributed by atoms with Crippen molar-refractivity contribution < 1.29 is 4.79 Å². The Labute approximate surface area is 147 Å². The average Bonchev–Trinajstić information content (AvgIpc) is 3.22. The van der Waals surface area contributed by atoms with Gasteiger partial charge in [0, 0.05) is 18.0 Å². The number of rotatable bonds is 8. The molecule has 2 aromatic heterocycles. The van der Waals surface area contributed by atoms with Crippen LogP contribution in [0.4, 0.5) is 5.82 Å². The number of nitrogens with one attached hydrogen (secondary N) is 1. The fraction of sp³-hybridized carbons (Fsp3) is 0.588. The van der Waals surface area contributed by atoms with Crippen molar-refractivity contribution in [1.29, 1.82) is 0 Å². The van der Waals surface area contributed by atoms with Crippen molar-refractivity contribution in [2.24, 2.45) is 0 Å². The van der Waals surface area contributed by atoms with E-state index in [2.05, 4.69) is 41.6 Å². The molecule has 0 saturated heterocycles. The number of aromatic nitrogens is 3. The van der Waals surface area contributed by atoms with E-state index in [1.54, 1.807) is 17.5 Å². The molecule has 0 spiro atoms. The van der Waals surface area contributed by atoms with Crippen LogP contribution in [0.2, 0.25) is 0 Å². The highest BCUT2D eigenvalue weighted by atomic mass is 32.1. The van der Waals surface area contributed by atoms with Crippen LogP contribution >= 0.6 is 11.3 Å². The van der Waals surface area contributed by atoms with Crippen LogP contribution in [0, 0.1) is 0 Å². The number of anilines is 1. The maximum Gasteiger partial charge on any atom is 0.242 e. The number of aryl methyl sites for hydroxylation is 1. The van der Waals surface area contributed by atoms with Crippen molar-refractivity contribution >= 4 is 23.1 Å². The van der Waals surface area contributed by atoms with Gasteiger partial charge >= 0.3 is 0 Å². The van der Waals surface area contributed by atoms with Crippen molar-refractivity contribution in [3.8, 4) is 0 Å². The van der Waals surface area contributed by atoms with E-state index in [4.69, 9.17) is 0 Å². The van der Waals surface area contributed by atoms with Crippen LogP contribution in [0.25, 0.3) is 0 Å². The molecular formula is C17H27N5OS. The predicted octanol–water partition coefficient (Wildman–Crippen LogP) is 3.33. The van der Waals surface area contributed by atoms with E-state index < -0.39 is 0 Å². The van der Waals surface area contributed by atoms with Gasteiger partial charge in [-0.25, -0.2) is 9.67 Å². The van der Waals surface area contributed by atoms with Crippen LogP contribution in [0.3, 0.4) is 0 Å². The number of nitrogens with zero attached hydrogens (tertiary/aromatic N) is 4. The monoisotopic (exact) mass is 349 g/mol. The van der Waals surface area contributed by atoms with Crippen LogP contribution in [0.5, 0.6) is 0 Å². The normalized spacial score (nSPS) is 13.9. The minimum Gasteiger partial charge on any atom is -0.310 e. The highest BCUT2D eigenvalue weighted by Gasteiger charge is 2.21. The Morgan fingerprint density at radius 3 is 2.79 bits per heavy atom. The molecule has 0 unspecified atom stereocenters. The van der Waals surface area contributed by atoms with Crippen molar-refractivity contribution in [1.82, 2.24) is 19.7 Å². The van der Waals surface area contributed by atoms with Gasteiger partial charge in [-0.1, -0.05) is 13.8 Å². The smallest absolute Gasteiger partial charge is 0.242 e. The van der Waals surface area contributed by atoms with Crippen molar-refractivity contribution in [3.63, 3.8) is 0 Å². The number of hydrogen-bond donors (Lipinski definition) is 1. The third-order valence-electron chi connectivity index (χ3n) is 4.28. The van der Waals surface area contributed by atoms with Crippen LogP contribution < -0.4 is 5.32 Å². The predicted molar refractivity (Wildman–Crippen MR) is 98.3 cm³/mol. The number of carbonyl (C=O) groups is 1. The standard InChI is InChI=1S/C17H27N5OS/c1-6-12(3)22-15(8-9-18-22)20-17(23)13(4)21(5)10-14-11-24-16(7-2)19-14/h8-9,11-13H,6-7,10H2,1-5H3,(H,20,23)/t12-,13-/m0/s1. The third-order valence-corrected chi connectivity index (χ3v) is 5.33. The van der Waals surface area contributed by atoms with Gasteiger partial charge in [-0.2, -0.15) is 5.10 Å². The quantitative estimate of drug-likeness (QED) is 0.794. The zero-order valence-electron chi connectivity index (χ0n) is 15.1. The Hall–Kier alpha value is -1.73. The van der Waals surface area contributed by atoms with Crippen LogP contribution in [-0.2, 0) is 17.8 Å². The minimum atomic E-state index is -0.253. The molecule has 0 aliphatic carbocycles. The SMILES string of the molecule is CCc1nc(CN(C)[C@@H](C)C(=O)Nc2ccnn2[C@@H](C)CC)cs1. The van der Waals surface area contributed by atoms with Gasteiger partial charge in [0.1, 0.15) is 5.82 Å². The first-order valence-electron chi connectivity index (χ1n) is 8.44. The van der Waals surface area contributed by atoms with Gasteiger partial charge in [-0.3, -0.25) is 9.69 Å². The molecule has 6 nitrogen and oxygen atoms in total. The van der Waals surface area contributed by atoms with Gasteiger partial charge < -0.3 is 5.32 Å². The second-order valence-electron chi connectivity index (χ2n) is 6.08. The van der Waals surface area contributed by atoms with Gasteiger partial charge in [-0.05, 0) is 33.7 Å². The van der Waals surface area contributed by atoms with Gasteiger partial charge in [0.05, 0.1) is 29.0 Å². The molecule has 0 saturated carbocycles. The van der Waals surface area contributed by atoms with Gasteiger partial charge in [0.2, 0.25) is 5.91 Å². The number of hydrogen-bond acceptors (Lipinski definition) is 5. The lowest BCUT2D eigenvalue weighted by atomic mass is 10.2. The maximum absolute atomic E-state index is 12.6. The molecule has 2 atom stereocenters. The van der Waals surface area contributed by atoms with Gasteiger partial charge in [0.15, 0.2) is 0 Å². The average molecular weight is 350 g/mol. The van der Waals surface area contributed by atoms with E-state index >= 15 is 0 Å². The summed E-state index contributed by atoms with van der Waals surface area (Å²) in [5.41, 5.74) is 1.02. The Morgan fingerprint density at radius 1 is 1.42 bits per heavy atom. The van der Waals surface area contributed by atoms with E-state index in [1.807, 2.05) is 29.6 Å². The molecule has 0 bridgehead atoms. The van der Waals surface area contributed by atoms with Crippen molar-refractivity contribution in [2.75, 3.05) is 12.4 Å². The Morgan fingerprint density at radius 2 is 2.17 bits per heavy atom. The number of amides is 1. The van der Waals surface area contributed by atoms with Crippen molar-refractivity contribution in [2.45, 2.75) is 59.2 Å². The second-order valence-corrected chi connectivity index (χ2v) is 7.03. The Balaban J connectivity index is 1.97. The molecule has 0 aliphatic heterocycles. The number of carbonyl (C=O) groups excluding carboxylic acids is 1. The highest BCUT2D eigenvalue weighted by molar-refractivity contribution is 7.09. The first-order chi connectivity index (χ1) is 11.5. The summed E-state index contributed by atoms with van der Waals surface area (Å²) >= 11 is 1.67. The summed E-state index contributed by atoms with van der Waals surface area (Å²) in [7, 11) is 1.95. The fourth-order valence-electron chi connectivity index (χ4n) is 2.34. The van der Waals surface area contributed by atoms with Crippen LogP contribution in [0.1, 0.15) is 50.9 Å². The van der Waals surface area contributed by atoms with E-state index in [1.165, 1.54) is 0 Å². The second kappa shape index (κ2) is 8.39. The molecule has 1 N–H and O–H groups in total. The third kappa shape index (κ3) is 4.42. The molecule has 0 aliphatic rings. The number of thiazole rings is 1. The molecule has 1 amide bonds. The van der Waals surface area contributed by atoms with Crippen LogP contribution in [0.15, 0.2) is 17.6 Å². The zero-order chi connectivity index (χ0) is 17.7. The first-order valence-corrected chi connectivity index (χ1v) is 9.32. The lowest BCUT2D eigenvalue weighted by molar-refractivity contribution is -0.120. The summed E-state index contributed by atoms with van der Waals surface area (Å²) in [6, 6.07) is 1.84. The van der Waals surface area contributed by atoms with Gasteiger partial charge in [-0.15, -0.1) is 11.3 Å². The van der Waals surface area contributed by atoms with E-state index in [9.17, 15) is 4.79 Å². The summed E-state index contributed by atoms with van der Waals surface area (Å²) in [6.07, 6.45) is 3.63. The molecular weight excluding hydrogens is 322 g/mol. The molecule has 0 radical (unpaired) electrons. The lowest BCUT2D eigenvalue weighted by Gasteiger charge is -2.23. The summed E-state index contributed by atoms with van der Waals surface area (Å²) in [5, 5.41) is 10.5. The minimum absolute atomic E-state index is 0.0338. The molecule has 2 heterocycles. The highest BCUT2D eigenvalue weighted by Crippen LogP contribution is 2.17. The molecule has 7 heteroatoms. The lowest BCUT2D eigenvalue weighted by Crippen LogP contribution is -2.39. The summed E-state index contributed by atoms with van der Waals surface area (Å²) in [5.74, 6) is 0.713. The Bertz CT molecular complexity index is 665. The first kappa shape index (κ1) is 18.6.